The number of benzene rings is 1. The number of nitrogens with two attached hydrogens (primary N) is 1. The number of ether oxygens (including phenoxy) is 1. The van der Waals surface area contributed by atoms with Crippen molar-refractivity contribution in [1.82, 2.24) is 0 Å². The van der Waals surface area contributed by atoms with Crippen LogP contribution < -0.4 is 10.5 Å². The molecule has 3 heteroatoms. The van der Waals surface area contributed by atoms with E-state index in [9.17, 15) is 0 Å². The molecule has 0 unspecified atom stereocenters. The molecule has 1 aromatic carbocycles. The van der Waals surface area contributed by atoms with E-state index in [2.05, 4.69) is 6.07 Å². The van der Waals surface area contributed by atoms with Crippen molar-refractivity contribution in [2.24, 2.45) is 5.73 Å². The lowest BCUT2D eigenvalue weighted by atomic mass is 9.89. The average Bonchev–Trinajstić information content (AvgIpc) is 2.69. The summed E-state index contributed by atoms with van der Waals surface area (Å²) >= 11 is 6.23. The van der Waals surface area contributed by atoms with E-state index >= 15 is 0 Å². The highest BCUT2D eigenvalue weighted by Crippen LogP contribution is 2.39. The molecule has 0 bridgehead atoms. The topological polar surface area (TPSA) is 35.2 Å². The summed E-state index contributed by atoms with van der Waals surface area (Å²) < 4.78 is 5.62. The second-order valence-corrected chi connectivity index (χ2v) is 5.58. The predicted molar refractivity (Wildman–Crippen MR) is 71.5 cm³/mol. The SMILES string of the molecule is CC(C)Oc1ccc(C2(N)CCCC2)cc1Cl. The Balaban J connectivity index is 2.24. The first-order valence-corrected chi connectivity index (χ1v) is 6.65. The Morgan fingerprint density at radius 1 is 1.29 bits per heavy atom. The summed E-state index contributed by atoms with van der Waals surface area (Å²) in [5, 5.41) is 0.660. The van der Waals surface area contributed by atoms with Crippen molar-refractivity contribution < 1.29 is 4.74 Å². The van der Waals surface area contributed by atoms with E-state index in [1.165, 1.54) is 12.8 Å². The number of hydrogen-bond acceptors (Lipinski definition) is 2. The molecule has 0 atom stereocenters. The molecule has 0 heterocycles. The molecule has 1 aliphatic carbocycles. The van der Waals surface area contributed by atoms with E-state index in [1.54, 1.807) is 0 Å². The molecule has 0 radical (unpaired) electrons. The Kier molecular flexibility index (Phi) is 3.64. The molecule has 0 aliphatic heterocycles. The maximum atomic E-state index is 6.40. The molecule has 2 nitrogen and oxygen atoms in total. The number of hydrogen-bond donors (Lipinski definition) is 1. The van der Waals surface area contributed by atoms with Crippen LogP contribution in [0, 0.1) is 0 Å². The van der Waals surface area contributed by atoms with Crippen LogP contribution in [0.15, 0.2) is 18.2 Å². The first-order chi connectivity index (χ1) is 8.01. The standard InChI is InChI=1S/C14H20ClNO/c1-10(2)17-13-6-5-11(9-12(13)15)14(16)7-3-4-8-14/h5-6,9-10H,3-4,7-8,16H2,1-2H3. The summed E-state index contributed by atoms with van der Waals surface area (Å²) in [4.78, 5) is 0. The van der Waals surface area contributed by atoms with Gasteiger partial charge in [-0.05, 0) is 44.4 Å². The molecule has 0 saturated heterocycles. The van der Waals surface area contributed by atoms with Crippen molar-refractivity contribution in [2.45, 2.75) is 51.2 Å². The highest BCUT2D eigenvalue weighted by Gasteiger charge is 2.31. The molecular weight excluding hydrogens is 234 g/mol. The molecule has 1 aromatic rings. The van der Waals surface area contributed by atoms with E-state index in [1.807, 2.05) is 26.0 Å². The van der Waals surface area contributed by atoms with Gasteiger partial charge in [-0.15, -0.1) is 0 Å². The van der Waals surface area contributed by atoms with E-state index in [0.29, 0.717) is 5.02 Å². The zero-order chi connectivity index (χ0) is 12.5. The summed E-state index contributed by atoms with van der Waals surface area (Å²) in [6.07, 6.45) is 4.65. The van der Waals surface area contributed by atoms with Gasteiger partial charge >= 0.3 is 0 Å². The summed E-state index contributed by atoms with van der Waals surface area (Å²) in [5.41, 5.74) is 7.36. The molecule has 2 rings (SSSR count). The predicted octanol–water partition coefficient (Wildman–Crippen LogP) is 3.86. The van der Waals surface area contributed by atoms with Crippen LogP contribution in [-0.2, 0) is 5.54 Å². The van der Waals surface area contributed by atoms with E-state index < -0.39 is 0 Å². The highest BCUT2D eigenvalue weighted by atomic mass is 35.5. The van der Waals surface area contributed by atoms with Gasteiger partial charge in [0.25, 0.3) is 0 Å². The van der Waals surface area contributed by atoms with Crippen LogP contribution in [-0.4, -0.2) is 6.10 Å². The van der Waals surface area contributed by atoms with Crippen LogP contribution in [0.3, 0.4) is 0 Å². The van der Waals surface area contributed by atoms with Gasteiger partial charge in [0.1, 0.15) is 5.75 Å². The Labute approximate surface area is 108 Å². The van der Waals surface area contributed by atoms with Gasteiger partial charge in [0.15, 0.2) is 0 Å². The fourth-order valence-electron chi connectivity index (χ4n) is 2.45. The highest BCUT2D eigenvalue weighted by molar-refractivity contribution is 6.32. The van der Waals surface area contributed by atoms with E-state index in [0.717, 1.165) is 24.2 Å². The second kappa shape index (κ2) is 4.87. The molecule has 17 heavy (non-hydrogen) atoms. The van der Waals surface area contributed by atoms with Gasteiger partial charge in [0.2, 0.25) is 0 Å². The Bertz CT molecular complexity index is 397. The maximum absolute atomic E-state index is 6.40. The van der Waals surface area contributed by atoms with Gasteiger partial charge in [-0.3, -0.25) is 0 Å². The maximum Gasteiger partial charge on any atom is 0.138 e. The van der Waals surface area contributed by atoms with Crippen LogP contribution >= 0.6 is 11.6 Å². The van der Waals surface area contributed by atoms with Crippen LogP contribution in [0.25, 0.3) is 0 Å². The first-order valence-electron chi connectivity index (χ1n) is 6.27. The number of halogens is 1. The Hall–Kier alpha value is -0.730. The third-order valence-corrected chi connectivity index (χ3v) is 3.66. The van der Waals surface area contributed by atoms with Gasteiger partial charge < -0.3 is 10.5 Å². The lowest BCUT2D eigenvalue weighted by Crippen LogP contribution is -2.32. The smallest absolute Gasteiger partial charge is 0.138 e. The normalized spacial score (nSPS) is 18.6. The minimum Gasteiger partial charge on any atom is -0.489 e. The zero-order valence-electron chi connectivity index (χ0n) is 10.5. The van der Waals surface area contributed by atoms with Crippen LogP contribution in [0.1, 0.15) is 45.1 Å². The zero-order valence-corrected chi connectivity index (χ0v) is 11.3. The summed E-state index contributed by atoms with van der Waals surface area (Å²) in [6.45, 7) is 3.98. The summed E-state index contributed by atoms with van der Waals surface area (Å²) in [7, 11) is 0. The third-order valence-electron chi connectivity index (χ3n) is 3.37. The van der Waals surface area contributed by atoms with Gasteiger partial charge in [-0.1, -0.05) is 30.5 Å². The van der Waals surface area contributed by atoms with Crippen molar-refractivity contribution >= 4 is 11.6 Å². The largest absolute Gasteiger partial charge is 0.489 e. The molecule has 1 aliphatic rings. The van der Waals surface area contributed by atoms with Crippen LogP contribution in [0.5, 0.6) is 5.75 Å². The molecule has 94 valence electrons. The van der Waals surface area contributed by atoms with E-state index in [4.69, 9.17) is 22.1 Å². The van der Waals surface area contributed by atoms with Gasteiger partial charge in [-0.25, -0.2) is 0 Å². The van der Waals surface area contributed by atoms with Crippen molar-refractivity contribution in [3.63, 3.8) is 0 Å². The molecule has 0 spiro atoms. The monoisotopic (exact) mass is 253 g/mol. The first kappa shape index (κ1) is 12.7. The fourth-order valence-corrected chi connectivity index (χ4v) is 2.68. The second-order valence-electron chi connectivity index (χ2n) is 5.18. The van der Waals surface area contributed by atoms with Crippen molar-refractivity contribution in [1.29, 1.82) is 0 Å². The van der Waals surface area contributed by atoms with Gasteiger partial charge in [0, 0.05) is 5.54 Å². The summed E-state index contributed by atoms with van der Waals surface area (Å²) in [5.74, 6) is 0.743. The van der Waals surface area contributed by atoms with Gasteiger partial charge in [-0.2, -0.15) is 0 Å². The van der Waals surface area contributed by atoms with Crippen molar-refractivity contribution in [3.8, 4) is 5.75 Å². The molecular formula is C14H20ClNO. The third kappa shape index (κ3) is 2.75. The quantitative estimate of drug-likeness (QED) is 0.888. The van der Waals surface area contributed by atoms with Crippen LogP contribution in [0.2, 0.25) is 5.02 Å². The Morgan fingerprint density at radius 2 is 1.94 bits per heavy atom. The Morgan fingerprint density at radius 3 is 2.47 bits per heavy atom. The summed E-state index contributed by atoms with van der Waals surface area (Å²) in [6, 6.07) is 5.95. The molecule has 0 amide bonds. The molecule has 1 saturated carbocycles. The molecule has 1 fully saturated rings. The number of rotatable bonds is 3. The lowest BCUT2D eigenvalue weighted by molar-refractivity contribution is 0.242. The van der Waals surface area contributed by atoms with Crippen LogP contribution in [0.4, 0.5) is 0 Å². The average molecular weight is 254 g/mol. The molecule has 0 aromatic heterocycles. The minimum atomic E-state index is -0.181. The fraction of sp³-hybridized carbons (Fsp3) is 0.571. The lowest BCUT2D eigenvalue weighted by Gasteiger charge is -2.25. The van der Waals surface area contributed by atoms with E-state index in [-0.39, 0.29) is 11.6 Å². The molecule has 2 N–H and O–H groups in total. The minimum absolute atomic E-state index is 0.136. The van der Waals surface area contributed by atoms with Crippen molar-refractivity contribution in [2.75, 3.05) is 0 Å². The van der Waals surface area contributed by atoms with Gasteiger partial charge in [0.05, 0.1) is 11.1 Å². The van der Waals surface area contributed by atoms with Crippen molar-refractivity contribution in [3.05, 3.63) is 28.8 Å².